The van der Waals surface area contributed by atoms with Gasteiger partial charge >= 0.3 is 0 Å². The number of nitrogens with zero attached hydrogens (tertiary/aromatic N) is 1. The van der Waals surface area contributed by atoms with E-state index in [0.717, 1.165) is 38.5 Å². The van der Waals surface area contributed by atoms with Crippen molar-refractivity contribution in [3.8, 4) is 0 Å². The lowest BCUT2D eigenvalue weighted by molar-refractivity contribution is 0.0680. The highest BCUT2D eigenvalue weighted by Crippen LogP contribution is 2.23. The molecule has 2 atom stereocenters. The average Bonchev–Trinajstić information content (AvgIpc) is 2.68. The van der Waals surface area contributed by atoms with Crippen LogP contribution in [0.4, 0.5) is 4.39 Å². The number of halogens is 2. The Morgan fingerprint density at radius 2 is 1.52 bits per heavy atom. The molecular weight excluding hydrogens is 361 g/mol. The summed E-state index contributed by atoms with van der Waals surface area (Å²) in [5.41, 5.74) is 0.0955. The maximum atomic E-state index is 14.5. The second-order valence-corrected chi connectivity index (χ2v) is 8.05. The summed E-state index contributed by atoms with van der Waals surface area (Å²) < 4.78 is 14.5. The molecule has 0 spiro atoms. The van der Waals surface area contributed by atoms with Crippen LogP contribution in [-0.2, 0) is 0 Å². The van der Waals surface area contributed by atoms with Crippen molar-refractivity contribution in [2.75, 3.05) is 13.1 Å². The van der Waals surface area contributed by atoms with Crippen LogP contribution >= 0.6 is 11.6 Å². The van der Waals surface area contributed by atoms with Gasteiger partial charge in [-0.1, -0.05) is 83.9 Å². The van der Waals surface area contributed by atoms with E-state index in [1.165, 1.54) is 18.9 Å². The number of amides is 1. The van der Waals surface area contributed by atoms with Gasteiger partial charge < -0.3 is 4.90 Å². The Bertz CT molecular complexity index is 545. The van der Waals surface area contributed by atoms with Crippen molar-refractivity contribution in [1.82, 2.24) is 4.90 Å². The van der Waals surface area contributed by atoms with Gasteiger partial charge in [0, 0.05) is 13.1 Å². The second kappa shape index (κ2) is 13.1. The minimum atomic E-state index is -0.600. The first-order chi connectivity index (χ1) is 13.0. The molecule has 154 valence electrons. The van der Waals surface area contributed by atoms with Gasteiger partial charge in [-0.2, -0.15) is 0 Å². The lowest BCUT2D eigenvalue weighted by atomic mass is 9.95. The summed E-state index contributed by atoms with van der Waals surface area (Å²) >= 11 is 5.92. The summed E-state index contributed by atoms with van der Waals surface area (Å²) in [4.78, 5) is 15.1. The topological polar surface area (TPSA) is 20.3 Å². The van der Waals surface area contributed by atoms with Crippen LogP contribution in [-0.4, -0.2) is 23.9 Å². The van der Waals surface area contributed by atoms with Crippen molar-refractivity contribution in [1.29, 1.82) is 0 Å². The van der Waals surface area contributed by atoms with Crippen molar-refractivity contribution in [2.45, 2.75) is 79.1 Å². The molecule has 0 saturated carbocycles. The monoisotopic (exact) mass is 397 g/mol. The second-order valence-electron chi connectivity index (χ2n) is 7.64. The molecule has 1 amide bonds. The van der Waals surface area contributed by atoms with Crippen molar-refractivity contribution >= 4 is 17.5 Å². The number of unbranched alkanes of at least 4 members (excludes halogenated alkanes) is 2. The van der Waals surface area contributed by atoms with Crippen molar-refractivity contribution in [3.63, 3.8) is 0 Å². The Hall–Kier alpha value is -1.09. The van der Waals surface area contributed by atoms with Crippen LogP contribution in [0.15, 0.2) is 18.2 Å². The van der Waals surface area contributed by atoms with Gasteiger partial charge in [-0.25, -0.2) is 4.39 Å². The minimum Gasteiger partial charge on any atom is -0.338 e. The standard InChI is InChI=1S/C23H37ClFNO/c1-5-9-12-18(7-3)16-26(17-19(8-4)13-10-6-2)23(27)20-14-11-15-21(24)22(20)25/h11,14-15,18-19H,5-10,12-13,16-17H2,1-4H3. The van der Waals surface area contributed by atoms with Gasteiger partial charge in [0.25, 0.3) is 5.91 Å². The quantitative estimate of drug-likeness (QED) is 0.340. The molecule has 4 heteroatoms. The first-order valence-corrected chi connectivity index (χ1v) is 11.1. The molecule has 27 heavy (non-hydrogen) atoms. The van der Waals surface area contributed by atoms with Crippen LogP contribution in [0.1, 0.15) is 89.4 Å². The van der Waals surface area contributed by atoms with Crippen LogP contribution in [0.2, 0.25) is 5.02 Å². The summed E-state index contributed by atoms with van der Waals surface area (Å²) in [7, 11) is 0. The lowest BCUT2D eigenvalue weighted by Gasteiger charge is -2.31. The van der Waals surface area contributed by atoms with E-state index in [0.29, 0.717) is 24.9 Å². The molecule has 2 nitrogen and oxygen atoms in total. The summed E-state index contributed by atoms with van der Waals surface area (Å²) in [6.07, 6.45) is 8.93. The number of hydrogen-bond donors (Lipinski definition) is 0. The predicted molar refractivity (Wildman–Crippen MR) is 114 cm³/mol. The van der Waals surface area contributed by atoms with Crippen LogP contribution in [0.3, 0.4) is 0 Å². The predicted octanol–water partition coefficient (Wildman–Crippen LogP) is 7.35. The summed E-state index contributed by atoms with van der Waals surface area (Å²) in [6, 6.07) is 4.69. The number of carbonyl (C=O) groups excluding carboxylic acids is 1. The normalized spacial score (nSPS) is 13.4. The third-order valence-electron chi connectivity index (χ3n) is 5.51. The molecule has 0 aliphatic carbocycles. The van der Waals surface area contributed by atoms with E-state index in [1.54, 1.807) is 12.1 Å². The van der Waals surface area contributed by atoms with Crippen LogP contribution in [0.5, 0.6) is 0 Å². The van der Waals surface area contributed by atoms with E-state index in [4.69, 9.17) is 11.6 Å². The van der Waals surface area contributed by atoms with Gasteiger partial charge in [-0.05, 0) is 36.8 Å². The molecule has 0 bridgehead atoms. The summed E-state index contributed by atoms with van der Waals surface area (Å²) in [5, 5.41) is 0.0110. The van der Waals surface area contributed by atoms with Crippen LogP contribution < -0.4 is 0 Å². The van der Waals surface area contributed by atoms with Crippen molar-refractivity contribution < 1.29 is 9.18 Å². The molecular formula is C23H37ClFNO. The van der Waals surface area contributed by atoms with E-state index in [1.807, 2.05) is 4.90 Å². The fourth-order valence-corrected chi connectivity index (χ4v) is 3.71. The van der Waals surface area contributed by atoms with Gasteiger partial charge in [0.05, 0.1) is 10.6 Å². The molecule has 1 aromatic rings. The highest BCUT2D eigenvalue weighted by atomic mass is 35.5. The van der Waals surface area contributed by atoms with E-state index in [-0.39, 0.29) is 16.5 Å². The van der Waals surface area contributed by atoms with Crippen molar-refractivity contribution in [3.05, 3.63) is 34.6 Å². The third kappa shape index (κ3) is 7.81. The number of hydrogen-bond acceptors (Lipinski definition) is 1. The van der Waals surface area contributed by atoms with E-state index in [9.17, 15) is 9.18 Å². The zero-order valence-electron chi connectivity index (χ0n) is 17.6. The van der Waals surface area contributed by atoms with Crippen molar-refractivity contribution in [2.24, 2.45) is 11.8 Å². The maximum Gasteiger partial charge on any atom is 0.256 e. The molecule has 0 fully saturated rings. The smallest absolute Gasteiger partial charge is 0.256 e. The maximum absolute atomic E-state index is 14.5. The molecule has 0 radical (unpaired) electrons. The Labute approximate surface area is 170 Å². The number of benzene rings is 1. The zero-order chi connectivity index (χ0) is 20.2. The number of rotatable bonds is 13. The largest absolute Gasteiger partial charge is 0.338 e. The molecule has 0 saturated heterocycles. The molecule has 0 aliphatic rings. The Morgan fingerprint density at radius 3 is 1.96 bits per heavy atom. The number of carbonyl (C=O) groups is 1. The van der Waals surface area contributed by atoms with Crippen LogP contribution in [0, 0.1) is 17.7 Å². The molecule has 0 heterocycles. The SMILES string of the molecule is CCCCC(CC)CN(CC(CC)CCCC)C(=O)c1cccc(Cl)c1F. The Balaban J connectivity index is 3.03. The fraction of sp³-hybridized carbons (Fsp3) is 0.696. The van der Waals surface area contributed by atoms with E-state index < -0.39 is 5.82 Å². The first kappa shape index (κ1) is 23.9. The van der Waals surface area contributed by atoms with E-state index in [2.05, 4.69) is 27.7 Å². The van der Waals surface area contributed by atoms with Gasteiger partial charge in [0.1, 0.15) is 0 Å². The highest BCUT2D eigenvalue weighted by Gasteiger charge is 2.25. The Morgan fingerprint density at radius 1 is 1.00 bits per heavy atom. The molecule has 0 aromatic heterocycles. The van der Waals surface area contributed by atoms with Gasteiger partial charge in [0.2, 0.25) is 0 Å². The molecule has 1 rings (SSSR count). The first-order valence-electron chi connectivity index (χ1n) is 10.7. The molecule has 0 N–H and O–H groups in total. The van der Waals surface area contributed by atoms with Crippen LogP contribution in [0.25, 0.3) is 0 Å². The zero-order valence-corrected chi connectivity index (χ0v) is 18.3. The highest BCUT2D eigenvalue weighted by molar-refractivity contribution is 6.31. The fourth-order valence-electron chi connectivity index (χ4n) is 3.54. The van der Waals surface area contributed by atoms with Gasteiger partial charge in [-0.3, -0.25) is 4.79 Å². The average molecular weight is 398 g/mol. The molecule has 2 unspecified atom stereocenters. The van der Waals surface area contributed by atoms with E-state index >= 15 is 0 Å². The summed E-state index contributed by atoms with van der Waals surface area (Å²) in [5.74, 6) is 0.0944. The Kier molecular flexibility index (Phi) is 11.7. The lowest BCUT2D eigenvalue weighted by Crippen LogP contribution is -2.39. The molecule has 0 aliphatic heterocycles. The summed E-state index contributed by atoms with van der Waals surface area (Å²) in [6.45, 7) is 10.1. The minimum absolute atomic E-state index is 0.0110. The third-order valence-corrected chi connectivity index (χ3v) is 5.80. The van der Waals surface area contributed by atoms with Gasteiger partial charge in [-0.15, -0.1) is 0 Å². The molecule has 1 aromatic carbocycles. The van der Waals surface area contributed by atoms with Gasteiger partial charge in [0.15, 0.2) is 5.82 Å².